The van der Waals surface area contributed by atoms with Gasteiger partial charge < -0.3 is 25.4 Å². The van der Waals surface area contributed by atoms with Gasteiger partial charge in [0, 0.05) is 6.54 Å². The molecule has 5 N–H and O–H groups in total. The molecule has 120 valence electrons. The summed E-state index contributed by atoms with van der Waals surface area (Å²) in [6, 6.07) is 0. The number of aliphatic hydroxyl groups excluding tert-OH is 3. The van der Waals surface area contributed by atoms with Crippen molar-refractivity contribution in [2.45, 2.75) is 31.5 Å². The molecule has 10 heteroatoms. The number of aliphatic hydroxyl groups is 3. The minimum Gasteiger partial charge on any atom is -0.394 e. The highest BCUT2D eigenvalue weighted by atomic mass is 16.6. The molecule has 2 aromatic rings. The summed E-state index contributed by atoms with van der Waals surface area (Å²) >= 11 is 0. The zero-order chi connectivity index (χ0) is 15.9. The summed E-state index contributed by atoms with van der Waals surface area (Å²) in [6.07, 6.45) is -3.09. The third-order valence-corrected chi connectivity index (χ3v) is 3.57. The molecular formula is C12H17N5O5. The molecule has 0 saturated carbocycles. The molecule has 0 aromatic carbocycles. The molecule has 2 aromatic heterocycles. The third-order valence-electron chi connectivity index (χ3n) is 3.57. The van der Waals surface area contributed by atoms with E-state index in [1.54, 1.807) is 0 Å². The lowest BCUT2D eigenvalue weighted by Crippen LogP contribution is -2.33. The predicted molar refractivity (Wildman–Crippen MR) is 75.3 cm³/mol. The van der Waals surface area contributed by atoms with E-state index in [9.17, 15) is 15.0 Å². The highest BCUT2D eigenvalue weighted by Gasteiger charge is 2.44. The molecule has 0 bridgehead atoms. The molecule has 0 spiro atoms. The summed E-state index contributed by atoms with van der Waals surface area (Å²) in [7, 11) is 0. The lowest BCUT2D eigenvalue weighted by molar-refractivity contribution is -0.0511. The summed E-state index contributed by atoms with van der Waals surface area (Å²) in [5, 5.41) is 31.9. The number of aromatic amines is 1. The van der Waals surface area contributed by atoms with E-state index in [2.05, 4.69) is 20.3 Å². The van der Waals surface area contributed by atoms with Gasteiger partial charge >= 0.3 is 0 Å². The van der Waals surface area contributed by atoms with Gasteiger partial charge in [0.05, 0.1) is 12.9 Å². The van der Waals surface area contributed by atoms with E-state index >= 15 is 0 Å². The zero-order valence-electron chi connectivity index (χ0n) is 11.8. The Bertz CT molecular complexity index is 728. The molecule has 22 heavy (non-hydrogen) atoms. The highest BCUT2D eigenvalue weighted by Crippen LogP contribution is 2.30. The molecule has 1 saturated heterocycles. The maximum Gasteiger partial charge on any atom is 0.280 e. The summed E-state index contributed by atoms with van der Waals surface area (Å²) in [5.41, 5.74) is -0.111. The van der Waals surface area contributed by atoms with Crippen LogP contribution < -0.4 is 10.9 Å². The third kappa shape index (κ3) is 2.25. The predicted octanol–water partition coefficient (Wildman–Crippen LogP) is -1.84. The van der Waals surface area contributed by atoms with Crippen molar-refractivity contribution in [3.05, 3.63) is 16.7 Å². The van der Waals surface area contributed by atoms with Crippen molar-refractivity contribution in [3.63, 3.8) is 0 Å². The van der Waals surface area contributed by atoms with Gasteiger partial charge in [-0.3, -0.25) is 14.3 Å². The van der Waals surface area contributed by atoms with Gasteiger partial charge in [-0.2, -0.15) is 4.98 Å². The van der Waals surface area contributed by atoms with Crippen LogP contribution in [0.3, 0.4) is 0 Å². The van der Waals surface area contributed by atoms with Crippen LogP contribution in [0.5, 0.6) is 0 Å². The van der Waals surface area contributed by atoms with Crippen molar-refractivity contribution >= 4 is 17.1 Å². The van der Waals surface area contributed by atoms with Crippen LogP contribution in [0.1, 0.15) is 13.2 Å². The quantitative estimate of drug-likeness (QED) is 0.443. The van der Waals surface area contributed by atoms with Gasteiger partial charge in [0.15, 0.2) is 17.4 Å². The Kier molecular flexibility index (Phi) is 3.83. The smallest absolute Gasteiger partial charge is 0.280 e. The number of aromatic nitrogens is 4. The number of nitrogens with zero attached hydrogens (tertiary/aromatic N) is 3. The van der Waals surface area contributed by atoms with Crippen LogP contribution in [0.2, 0.25) is 0 Å². The van der Waals surface area contributed by atoms with Gasteiger partial charge in [-0.1, -0.05) is 0 Å². The van der Waals surface area contributed by atoms with Crippen molar-refractivity contribution in [1.82, 2.24) is 19.5 Å². The average Bonchev–Trinajstić information content (AvgIpc) is 3.03. The molecule has 10 nitrogen and oxygen atoms in total. The fraction of sp³-hybridized carbons (Fsp3) is 0.583. The van der Waals surface area contributed by atoms with E-state index in [0.29, 0.717) is 6.54 Å². The molecule has 1 fully saturated rings. The number of imidazole rings is 1. The Labute approximate surface area is 124 Å². The van der Waals surface area contributed by atoms with Crippen LogP contribution in [-0.4, -0.2) is 66.3 Å². The summed E-state index contributed by atoms with van der Waals surface area (Å²) < 4.78 is 6.80. The fourth-order valence-electron chi connectivity index (χ4n) is 2.47. The fourth-order valence-corrected chi connectivity index (χ4v) is 2.47. The Morgan fingerprint density at radius 3 is 2.86 bits per heavy atom. The second-order valence-electron chi connectivity index (χ2n) is 5.00. The Balaban J connectivity index is 2.06. The first-order valence-corrected chi connectivity index (χ1v) is 6.90. The van der Waals surface area contributed by atoms with Gasteiger partial charge in [0.25, 0.3) is 5.56 Å². The summed E-state index contributed by atoms with van der Waals surface area (Å²) in [4.78, 5) is 22.7. The van der Waals surface area contributed by atoms with E-state index < -0.39 is 36.7 Å². The van der Waals surface area contributed by atoms with Gasteiger partial charge in [-0.15, -0.1) is 0 Å². The summed E-state index contributed by atoms with van der Waals surface area (Å²) in [5.74, 6) is 0.272. The van der Waals surface area contributed by atoms with E-state index in [1.807, 2.05) is 6.92 Å². The van der Waals surface area contributed by atoms with E-state index in [1.165, 1.54) is 10.9 Å². The Morgan fingerprint density at radius 2 is 2.23 bits per heavy atom. The lowest BCUT2D eigenvalue weighted by atomic mass is 10.1. The number of fused-ring (bicyclic) bond motifs is 1. The minimum absolute atomic E-state index is 0.0967. The Morgan fingerprint density at radius 1 is 1.45 bits per heavy atom. The maximum absolute atomic E-state index is 12.0. The van der Waals surface area contributed by atoms with Crippen molar-refractivity contribution < 1.29 is 20.1 Å². The number of rotatable bonds is 4. The highest BCUT2D eigenvalue weighted by molar-refractivity contribution is 5.70. The number of H-pyrrole nitrogens is 1. The normalized spacial score (nSPS) is 28.4. The van der Waals surface area contributed by atoms with Gasteiger partial charge in [-0.05, 0) is 6.92 Å². The van der Waals surface area contributed by atoms with E-state index in [0.717, 1.165) is 0 Å². The zero-order valence-corrected chi connectivity index (χ0v) is 11.8. The average molecular weight is 311 g/mol. The maximum atomic E-state index is 12.0. The minimum atomic E-state index is -1.27. The molecule has 3 heterocycles. The van der Waals surface area contributed by atoms with Gasteiger partial charge in [0.2, 0.25) is 5.95 Å². The summed E-state index contributed by atoms with van der Waals surface area (Å²) in [6.45, 7) is 1.99. The SMILES string of the molecule is CCNc1nc2c(ncn2[C@@H]2O[C@H](CO)C(O)C2O)c(=O)[nH]1. The first kappa shape index (κ1) is 14.9. The largest absolute Gasteiger partial charge is 0.394 e. The molecule has 0 radical (unpaired) electrons. The number of hydrogen-bond acceptors (Lipinski definition) is 8. The van der Waals surface area contributed by atoms with Crippen molar-refractivity contribution in [2.24, 2.45) is 0 Å². The first-order valence-electron chi connectivity index (χ1n) is 6.90. The van der Waals surface area contributed by atoms with Gasteiger partial charge in [-0.25, -0.2) is 4.98 Å². The molecule has 0 aliphatic carbocycles. The number of hydrogen-bond donors (Lipinski definition) is 5. The molecule has 1 aliphatic heterocycles. The number of nitrogens with one attached hydrogen (secondary N) is 2. The van der Waals surface area contributed by atoms with Crippen LogP contribution in [0.15, 0.2) is 11.1 Å². The van der Waals surface area contributed by atoms with Crippen molar-refractivity contribution in [3.8, 4) is 0 Å². The van der Waals surface area contributed by atoms with Crippen LogP contribution in [0.4, 0.5) is 5.95 Å². The molecule has 4 atom stereocenters. The molecule has 3 rings (SSSR count). The molecule has 1 aliphatic rings. The van der Waals surface area contributed by atoms with Crippen LogP contribution >= 0.6 is 0 Å². The van der Waals surface area contributed by atoms with E-state index in [-0.39, 0.29) is 17.1 Å². The topological polar surface area (TPSA) is 146 Å². The molecular weight excluding hydrogens is 294 g/mol. The second kappa shape index (κ2) is 5.65. The number of ether oxygens (including phenoxy) is 1. The van der Waals surface area contributed by atoms with Gasteiger partial charge in [0.1, 0.15) is 18.3 Å². The molecule has 2 unspecified atom stereocenters. The lowest BCUT2D eigenvalue weighted by Gasteiger charge is -2.16. The monoisotopic (exact) mass is 311 g/mol. The van der Waals surface area contributed by atoms with E-state index in [4.69, 9.17) is 9.84 Å². The second-order valence-corrected chi connectivity index (χ2v) is 5.00. The van der Waals surface area contributed by atoms with Crippen molar-refractivity contribution in [2.75, 3.05) is 18.5 Å². The van der Waals surface area contributed by atoms with Crippen LogP contribution in [0, 0.1) is 0 Å². The van der Waals surface area contributed by atoms with Crippen LogP contribution in [0.25, 0.3) is 11.2 Å². The standard InChI is InChI=1S/C12H17N5O5/c1-2-13-12-15-9-6(10(21)16-12)14-4-17(9)11-8(20)7(19)5(3-18)22-11/h4-5,7-8,11,18-20H,2-3H2,1H3,(H2,13,15,16,21)/t5-,7?,8?,11-/m1/s1. The first-order chi connectivity index (χ1) is 10.6. The number of anilines is 1. The Hall–Kier alpha value is -2.01. The van der Waals surface area contributed by atoms with Crippen molar-refractivity contribution in [1.29, 1.82) is 0 Å². The van der Waals surface area contributed by atoms with Crippen LogP contribution in [-0.2, 0) is 4.74 Å². The molecule has 0 amide bonds.